The maximum atomic E-state index is 13.0. The molecule has 1 atom stereocenters. The number of halogens is 1. The van der Waals surface area contributed by atoms with Crippen molar-refractivity contribution in [3.8, 4) is 11.5 Å². The van der Waals surface area contributed by atoms with Crippen LogP contribution in [0.25, 0.3) is 0 Å². The van der Waals surface area contributed by atoms with Crippen molar-refractivity contribution < 1.29 is 27.1 Å². The van der Waals surface area contributed by atoms with Gasteiger partial charge in [-0.05, 0) is 60.6 Å². The number of aryl methyl sites for hydroxylation is 1. The molecule has 0 radical (unpaired) electrons. The molecule has 0 spiro atoms. The molecule has 0 heterocycles. The molecular formula is C24H33FN2O5S. The van der Waals surface area contributed by atoms with Gasteiger partial charge >= 0.3 is 0 Å². The number of hydrogen-bond acceptors (Lipinski definition) is 5. The molecule has 0 fully saturated rings. The van der Waals surface area contributed by atoms with Crippen LogP contribution in [0.1, 0.15) is 31.4 Å². The predicted octanol–water partition coefficient (Wildman–Crippen LogP) is 3.08. The lowest BCUT2D eigenvalue weighted by molar-refractivity contribution is -0.123. The number of rotatable bonds is 13. The quantitative estimate of drug-likeness (QED) is 0.430. The fourth-order valence-corrected chi connectivity index (χ4v) is 4.10. The molecule has 0 saturated heterocycles. The number of carbonyl (C=O) groups excluding carboxylic acids is 1. The Labute approximate surface area is 195 Å². The van der Waals surface area contributed by atoms with Gasteiger partial charge in [-0.15, -0.1) is 0 Å². The van der Waals surface area contributed by atoms with E-state index in [1.165, 1.54) is 12.1 Å². The normalized spacial score (nSPS) is 12.4. The Kier molecular flexibility index (Phi) is 10.1. The zero-order chi connectivity index (χ0) is 24.4. The van der Waals surface area contributed by atoms with E-state index in [4.69, 9.17) is 9.47 Å². The molecule has 9 heteroatoms. The summed E-state index contributed by atoms with van der Waals surface area (Å²) in [4.78, 5) is 12.4. The first kappa shape index (κ1) is 26.6. The number of methoxy groups -OCH3 is 1. The van der Waals surface area contributed by atoms with Gasteiger partial charge in [0, 0.05) is 6.54 Å². The highest BCUT2D eigenvalue weighted by Crippen LogP contribution is 2.28. The number of sulfonamides is 1. The van der Waals surface area contributed by atoms with Crippen molar-refractivity contribution in [1.82, 2.24) is 10.0 Å². The minimum absolute atomic E-state index is 0.181. The largest absolute Gasteiger partial charge is 0.493 e. The third kappa shape index (κ3) is 9.39. The highest BCUT2D eigenvalue weighted by atomic mass is 32.2. The second-order valence-corrected chi connectivity index (χ2v) is 10.00. The van der Waals surface area contributed by atoms with Crippen LogP contribution in [-0.4, -0.2) is 46.9 Å². The first-order valence-corrected chi connectivity index (χ1v) is 12.8. The van der Waals surface area contributed by atoms with E-state index in [0.717, 1.165) is 30.2 Å². The van der Waals surface area contributed by atoms with Gasteiger partial charge in [-0.1, -0.05) is 32.0 Å². The summed E-state index contributed by atoms with van der Waals surface area (Å²) in [6.07, 6.45) is 3.15. The smallest absolute Gasteiger partial charge is 0.238 e. The number of hydrogen-bond donors (Lipinski definition) is 2. The summed E-state index contributed by atoms with van der Waals surface area (Å²) in [6, 6.07) is 11.2. The van der Waals surface area contributed by atoms with Gasteiger partial charge in [-0.2, -0.15) is 0 Å². The monoisotopic (exact) mass is 480 g/mol. The summed E-state index contributed by atoms with van der Waals surface area (Å²) in [6.45, 7) is 4.42. The van der Waals surface area contributed by atoms with Gasteiger partial charge in [0.1, 0.15) is 11.9 Å². The Morgan fingerprint density at radius 1 is 1.03 bits per heavy atom. The lowest BCUT2D eigenvalue weighted by atomic mass is 10.0. The molecule has 1 amide bonds. The van der Waals surface area contributed by atoms with E-state index in [2.05, 4.69) is 10.0 Å². The molecule has 0 aliphatic heterocycles. The van der Waals surface area contributed by atoms with Crippen molar-refractivity contribution >= 4 is 15.9 Å². The molecule has 2 N–H and O–H groups in total. The summed E-state index contributed by atoms with van der Waals surface area (Å²) in [7, 11) is -1.92. The summed E-state index contributed by atoms with van der Waals surface area (Å²) in [5, 5.41) is 2.79. The van der Waals surface area contributed by atoms with Gasteiger partial charge in [-0.3, -0.25) is 4.79 Å². The molecule has 0 bridgehead atoms. The topological polar surface area (TPSA) is 93.7 Å². The second-order valence-electron chi connectivity index (χ2n) is 8.22. The van der Waals surface area contributed by atoms with Crippen LogP contribution in [0.2, 0.25) is 0 Å². The maximum absolute atomic E-state index is 13.0. The number of amides is 1. The highest BCUT2D eigenvalue weighted by molar-refractivity contribution is 7.88. The zero-order valence-corrected chi connectivity index (χ0v) is 20.4. The van der Waals surface area contributed by atoms with E-state index in [-0.39, 0.29) is 17.6 Å². The molecule has 1 unspecified atom stereocenters. The Hall–Kier alpha value is -2.65. The molecule has 2 aromatic rings. The molecule has 182 valence electrons. The maximum Gasteiger partial charge on any atom is 0.238 e. The van der Waals surface area contributed by atoms with Crippen molar-refractivity contribution in [3.63, 3.8) is 0 Å². The number of benzene rings is 2. The zero-order valence-electron chi connectivity index (χ0n) is 19.6. The van der Waals surface area contributed by atoms with Crippen LogP contribution in [0, 0.1) is 11.7 Å². The summed E-state index contributed by atoms with van der Waals surface area (Å²) >= 11 is 0. The Morgan fingerprint density at radius 2 is 1.70 bits per heavy atom. The molecule has 2 rings (SSSR count). The van der Waals surface area contributed by atoms with Crippen LogP contribution < -0.4 is 19.5 Å². The molecule has 7 nitrogen and oxygen atoms in total. The SMILES string of the molecule is COc1cc(CCNC(=O)C(NS(C)(=O)=O)C(C)C)ccc1OCCCc1ccc(F)cc1. The first-order valence-electron chi connectivity index (χ1n) is 10.9. The van der Waals surface area contributed by atoms with Gasteiger partial charge in [0.05, 0.1) is 20.0 Å². The van der Waals surface area contributed by atoms with Gasteiger partial charge in [0.25, 0.3) is 0 Å². The molecule has 33 heavy (non-hydrogen) atoms. The van der Waals surface area contributed by atoms with Gasteiger partial charge in [-0.25, -0.2) is 17.5 Å². The minimum Gasteiger partial charge on any atom is -0.493 e. The van der Waals surface area contributed by atoms with Crippen LogP contribution in [0.3, 0.4) is 0 Å². The van der Waals surface area contributed by atoms with Crippen LogP contribution in [0.4, 0.5) is 4.39 Å². The van der Waals surface area contributed by atoms with Gasteiger partial charge < -0.3 is 14.8 Å². The Bertz CT molecular complexity index is 1010. The lowest BCUT2D eigenvalue weighted by Gasteiger charge is -2.20. The molecule has 0 aromatic heterocycles. The average Bonchev–Trinajstić information content (AvgIpc) is 2.76. The van der Waals surface area contributed by atoms with Crippen LogP contribution >= 0.6 is 0 Å². The lowest BCUT2D eigenvalue weighted by Crippen LogP contribution is -2.49. The van der Waals surface area contributed by atoms with Crippen molar-refractivity contribution in [2.75, 3.05) is 26.5 Å². The fraction of sp³-hybridized carbons (Fsp3) is 0.458. The predicted molar refractivity (Wildman–Crippen MR) is 127 cm³/mol. The van der Waals surface area contributed by atoms with Crippen molar-refractivity contribution in [1.29, 1.82) is 0 Å². The highest BCUT2D eigenvalue weighted by Gasteiger charge is 2.24. The third-order valence-corrected chi connectivity index (χ3v) is 5.69. The van der Waals surface area contributed by atoms with Crippen molar-refractivity contribution in [2.24, 2.45) is 5.92 Å². The van der Waals surface area contributed by atoms with E-state index in [0.29, 0.717) is 31.1 Å². The van der Waals surface area contributed by atoms with Crippen LogP contribution in [0.15, 0.2) is 42.5 Å². The van der Waals surface area contributed by atoms with Gasteiger partial charge in [0.15, 0.2) is 11.5 Å². The molecule has 2 aromatic carbocycles. The van der Waals surface area contributed by atoms with E-state index in [1.54, 1.807) is 33.1 Å². The van der Waals surface area contributed by atoms with E-state index >= 15 is 0 Å². The molecule has 0 aliphatic rings. The van der Waals surface area contributed by atoms with Crippen molar-refractivity contribution in [3.05, 3.63) is 59.4 Å². The summed E-state index contributed by atoms with van der Waals surface area (Å²) in [5.74, 6) is 0.438. The Balaban J connectivity index is 1.84. The molecular weight excluding hydrogens is 447 g/mol. The van der Waals surface area contributed by atoms with E-state index in [1.807, 2.05) is 18.2 Å². The van der Waals surface area contributed by atoms with Crippen molar-refractivity contribution in [2.45, 2.75) is 39.2 Å². The van der Waals surface area contributed by atoms with E-state index in [9.17, 15) is 17.6 Å². The van der Waals surface area contributed by atoms with Crippen LogP contribution in [-0.2, 0) is 27.7 Å². The second kappa shape index (κ2) is 12.6. The standard InChI is InChI=1S/C24H33FN2O5S/c1-17(2)23(27-33(4,29)30)24(28)26-14-13-19-9-12-21(22(16-19)31-3)32-15-5-6-18-7-10-20(25)11-8-18/h7-12,16-17,23,27H,5-6,13-15H2,1-4H3,(H,26,28). The number of ether oxygens (including phenoxy) is 2. The summed E-state index contributed by atoms with van der Waals surface area (Å²) < 4.78 is 49.6. The Morgan fingerprint density at radius 3 is 2.30 bits per heavy atom. The fourth-order valence-electron chi connectivity index (χ4n) is 3.26. The first-order chi connectivity index (χ1) is 15.6. The van der Waals surface area contributed by atoms with E-state index < -0.39 is 16.1 Å². The third-order valence-electron chi connectivity index (χ3n) is 5.01. The molecule has 0 saturated carbocycles. The van der Waals surface area contributed by atoms with Gasteiger partial charge in [0.2, 0.25) is 15.9 Å². The number of carbonyl (C=O) groups is 1. The molecule has 0 aliphatic carbocycles. The van der Waals surface area contributed by atoms with Crippen LogP contribution in [0.5, 0.6) is 11.5 Å². The number of nitrogens with one attached hydrogen (secondary N) is 2. The average molecular weight is 481 g/mol. The summed E-state index contributed by atoms with van der Waals surface area (Å²) in [5.41, 5.74) is 2.00. The minimum atomic E-state index is -3.49.